The van der Waals surface area contributed by atoms with Crippen molar-refractivity contribution in [1.29, 1.82) is 0 Å². The van der Waals surface area contributed by atoms with Crippen molar-refractivity contribution in [2.24, 2.45) is 5.10 Å². The lowest BCUT2D eigenvalue weighted by molar-refractivity contribution is -0.114. The van der Waals surface area contributed by atoms with E-state index in [9.17, 15) is 4.79 Å². The highest BCUT2D eigenvalue weighted by atomic mass is 32.2. The van der Waals surface area contributed by atoms with Gasteiger partial charge in [-0.05, 0) is 17.7 Å². The summed E-state index contributed by atoms with van der Waals surface area (Å²) in [5.74, 6) is -0.0641. The van der Waals surface area contributed by atoms with Crippen LogP contribution in [0.25, 0.3) is 0 Å². The number of rotatable bonds is 3. The minimum atomic E-state index is -0.0641. The number of benzene rings is 2. The Labute approximate surface area is 127 Å². The molecule has 0 bridgehead atoms. The Morgan fingerprint density at radius 1 is 1.14 bits per heavy atom. The van der Waals surface area contributed by atoms with Crippen LogP contribution in [0.1, 0.15) is 23.4 Å². The first-order valence-corrected chi connectivity index (χ1v) is 7.53. The maximum Gasteiger partial charge on any atom is 0.221 e. The third-order valence-corrected chi connectivity index (χ3v) is 4.23. The number of nitrogens with one attached hydrogen (secondary N) is 2. The first kappa shape index (κ1) is 13.7. The van der Waals surface area contributed by atoms with E-state index in [0.29, 0.717) is 0 Å². The van der Waals surface area contributed by atoms with Crippen LogP contribution >= 0.6 is 11.8 Å². The molecule has 1 atom stereocenters. The van der Waals surface area contributed by atoms with Gasteiger partial charge in [-0.25, -0.2) is 0 Å². The lowest BCUT2D eigenvalue weighted by Gasteiger charge is -2.10. The van der Waals surface area contributed by atoms with E-state index < -0.39 is 0 Å². The minimum Gasteiger partial charge on any atom is -0.326 e. The van der Waals surface area contributed by atoms with Crippen LogP contribution in [0, 0.1) is 0 Å². The molecular formula is C16H15N3OS. The quantitative estimate of drug-likeness (QED) is 0.913. The highest BCUT2D eigenvalue weighted by Crippen LogP contribution is 2.34. The van der Waals surface area contributed by atoms with Gasteiger partial charge in [0, 0.05) is 18.2 Å². The molecule has 2 aromatic rings. The van der Waals surface area contributed by atoms with E-state index in [2.05, 4.69) is 28.0 Å². The van der Waals surface area contributed by atoms with Crippen molar-refractivity contribution >= 4 is 28.4 Å². The van der Waals surface area contributed by atoms with Crippen LogP contribution < -0.4 is 10.7 Å². The SMILES string of the molecule is CC(=O)Nc1ccc([C@H]2NN=C(c3ccccc3)S2)cc1. The number of carbonyl (C=O) groups excluding carboxylic acids is 1. The molecular weight excluding hydrogens is 282 g/mol. The van der Waals surface area contributed by atoms with Gasteiger partial charge in [-0.15, -0.1) is 0 Å². The highest BCUT2D eigenvalue weighted by molar-refractivity contribution is 8.14. The third kappa shape index (κ3) is 3.25. The Balaban J connectivity index is 1.69. The van der Waals surface area contributed by atoms with E-state index in [1.54, 1.807) is 11.8 Å². The van der Waals surface area contributed by atoms with Crippen LogP contribution in [0.4, 0.5) is 5.69 Å². The van der Waals surface area contributed by atoms with E-state index in [-0.39, 0.29) is 11.3 Å². The first-order valence-electron chi connectivity index (χ1n) is 6.65. The van der Waals surface area contributed by atoms with Crippen molar-refractivity contribution in [3.8, 4) is 0 Å². The monoisotopic (exact) mass is 297 g/mol. The molecule has 2 N–H and O–H groups in total. The smallest absolute Gasteiger partial charge is 0.221 e. The van der Waals surface area contributed by atoms with E-state index in [4.69, 9.17) is 0 Å². The summed E-state index contributed by atoms with van der Waals surface area (Å²) in [4.78, 5) is 11.0. The predicted molar refractivity (Wildman–Crippen MR) is 87.2 cm³/mol. The number of hydrogen-bond acceptors (Lipinski definition) is 4. The van der Waals surface area contributed by atoms with Gasteiger partial charge in [0.25, 0.3) is 0 Å². The second-order valence-electron chi connectivity index (χ2n) is 4.71. The van der Waals surface area contributed by atoms with Crippen LogP contribution in [0.15, 0.2) is 59.7 Å². The molecule has 1 aliphatic rings. The average molecular weight is 297 g/mol. The van der Waals surface area contributed by atoms with Gasteiger partial charge in [0.2, 0.25) is 5.91 Å². The molecule has 21 heavy (non-hydrogen) atoms. The van der Waals surface area contributed by atoms with Crippen molar-refractivity contribution < 1.29 is 4.79 Å². The van der Waals surface area contributed by atoms with Gasteiger partial charge in [0.05, 0.1) is 0 Å². The lowest BCUT2D eigenvalue weighted by atomic mass is 10.2. The van der Waals surface area contributed by atoms with Crippen LogP contribution in [-0.2, 0) is 4.79 Å². The fourth-order valence-electron chi connectivity index (χ4n) is 2.08. The third-order valence-electron chi connectivity index (χ3n) is 3.07. The summed E-state index contributed by atoms with van der Waals surface area (Å²) < 4.78 is 0. The standard InChI is InChI=1S/C16H15N3OS/c1-11(20)17-14-9-7-13(8-10-14)16-19-18-15(21-16)12-5-3-2-4-6-12/h2-10,16,19H,1H3,(H,17,20)/t16-/m0/s1. The van der Waals surface area contributed by atoms with Crippen LogP contribution in [0.2, 0.25) is 0 Å². The van der Waals surface area contributed by atoms with Gasteiger partial charge in [-0.1, -0.05) is 54.2 Å². The molecule has 0 fully saturated rings. The Bertz CT molecular complexity index is 668. The zero-order valence-electron chi connectivity index (χ0n) is 11.5. The molecule has 3 rings (SSSR count). The van der Waals surface area contributed by atoms with Crippen LogP contribution in [0.3, 0.4) is 0 Å². The van der Waals surface area contributed by atoms with Crippen molar-refractivity contribution in [3.05, 3.63) is 65.7 Å². The summed E-state index contributed by atoms with van der Waals surface area (Å²) in [7, 11) is 0. The molecule has 0 saturated carbocycles. The van der Waals surface area contributed by atoms with Crippen molar-refractivity contribution in [1.82, 2.24) is 5.43 Å². The number of hydrogen-bond donors (Lipinski definition) is 2. The molecule has 2 aromatic carbocycles. The Hall–Kier alpha value is -2.27. The van der Waals surface area contributed by atoms with Gasteiger partial charge in [0.15, 0.2) is 0 Å². The summed E-state index contributed by atoms with van der Waals surface area (Å²) in [5.41, 5.74) is 6.20. The Kier molecular flexibility index (Phi) is 3.92. The van der Waals surface area contributed by atoms with Gasteiger partial charge >= 0.3 is 0 Å². The average Bonchev–Trinajstić information content (AvgIpc) is 2.98. The summed E-state index contributed by atoms with van der Waals surface area (Å²) >= 11 is 1.69. The largest absolute Gasteiger partial charge is 0.326 e. The minimum absolute atomic E-state index is 0.0641. The number of amides is 1. The summed E-state index contributed by atoms with van der Waals surface area (Å²) in [6.45, 7) is 1.50. The van der Waals surface area contributed by atoms with Crippen LogP contribution in [-0.4, -0.2) is 11.0 Å². The molecule has 0 unspecified atom stereocenters. The van der Waals surface area contributed by atoms with Crippen LogP contribution in [0.5, 0.6) is 0 Å². The van der Waals surface area contributed by atoms with E-state index in [0.717, 1.165) is 21.9 Å². The fourth-order valence-corrected chi connectivity index (χ4v) is 3.08. The molecule has 106 valence electrons. The molecule has 0 aromatic heterocycles. The number of carbonyl (C=O) groups is 1. The summed E-state index contributed by atoms with van der Waals surface area (Å²) in [6.07, 6.45) is 0. The molecule has 0 radical (unpaired) electrons. The Morgan fingerprint density at radius 3 is 2.52 bits per heavy atom. The number of hydrazone groups is 1. The van der Waals surface area contributed by atoms with Crippen molar-refractivity contribution in [2.45, 2.75) is 12.3 Å². The van der Waals surface area contributed by atoms with Gasteiger partial charge in [-0.2, -0.15) is 5.10 Å². The zero-order chi connectivity index (χ0) is 14.7. The maximum absolute atomic E-state index is 11.0. The zero-order valence-corrected chi connectivity index (χ0v) is 12.4. The first-order chi connectivity index (χ1) is 10.2. The molecule has 0 aliphatic carbocycles. The summed E-state index contributed by atoms with van der Waals surface area (Å²) in [6, 6.07) is 17.9. The van der Waals surface area contributed by atoms with Gasteiger partial charge in [-0.3, -0.25) is 10.2 Å². The highest BCUT2D eigenvalue weighted by Gasteiger charge is 2.21. The van der Waals surface area contributed by atoms with Gasteiger partial charge < -0.3 is 5.32 Å². The molecule has 1 heterocycles. The van der Waals surface area contributed by atoms with E-state index in [1.165, 1.54) is 6.92 Å². The number of nitrogens with zero attached hydrogens (tertiary/aromatic N) is 1. The molecule has 5 heteroatoms. The van der Waals surface area contributed by atoms with E-state index >= 15 is 0 Å². The normalized spacial score (nSPS) is 17.0. The lowest BCUT2D eigenvalue weighted by Crippen LogP contribution is -2.08. The molecule has 0 spiro atoms. The van der Waals surface area contributed by atoms with E-state index in [1.807, 2.05) is 42.5 Å². The molecule has 0 saturated heterocycles. The topological polar surface area (TPSA) is 53.5 Å². The molecule has 1 amide bonds. The predicted octanol–water partition coefficient (Wildman–Crippen LogP) is 3.34. The molecule has 4 nitrogen and oxygen atoms in total. The van der Waals surface area contributed by atoms with Crippen molar-refractivity contribution in [3.63, 3.8) is 0 Å². The maximum atomic E-state index is 11.0. The fraction of sp³-hybridized carbons (Fsp3) is 0.125. The Morgan fingerprint density at radius 2 is 1.86 bits per heavy atom. The van der Waals surface area contributed by atoms with Gasteiger partial charge in [0.1, 0.15) is 10.4 Å². The second-order valence-corrected chi connectivity index (χ2v) is 5.81. The number of thioether (sulfide) groups is 1. The summed E-state index contributed by atoms with van der Waals surface area (Å²) in [5, 5.41) is 8.25. The molecule has 1 aliphatic heterocycles. The number of anilines is 1. The second kappa shape index (κ2) is 6.01. The van der Waals surface area contributed by atoms with Crippen molar-refractivity contribution in [2.75, 3.05) is 5.32 Å².